The maximum Gasteiger partial charge on any atom is 0.242 e. The third kappa shape index (κ3) is 5.83. The first kappa shape index (κ1) is 22.3. The molecule has 0 spiro atoms. The van der Waals surface area contributed by atoms with E-state index in [4.69, 9.17) is 11.6 Å². The second-order valence-electron chi connectivity index (χ2n) is 8.01. The Balaban J connectivity index is 1.55. The molecule has 0 radical (unpaired) electrons. The monoisotopic (exact) mass is 427 g/mol. The Hall–Kier alpha value is -2.37. The third-order valence-electron chi connectivity index (χ3n) is 5.59. The standard InChI is InChI=1S/C24H30ClN3O2/c1-18(2)27(16-19-8-4-3-5-9-19)15-14-26-24(30)22-12-13-23(29)28(22)17-20-10-6-7-11-21(20)25/h3-11,18,22H,12-17H2,1-2H3,(H,26,30)/t22-/m0/s1. The van der Waals surface area contributed by atoms with Crippen molar-refractivity contribution in [2.45, 2.75) is 51.9 Å². The normalized spacial score (nSPS) is 16.5. The van der Waals surface area contributed by atoms with E-state index >= 15 is 0 Å². The fraction of sp³-hybridized carbons (Fsp3) is 0.417. The Morgan fingerprint density at radius 2 is 1.87 bits per heavy atom. The molecular formula is C24H30ClN3O2. The van der Waals surface area contributed by atoms with Crippen LogP contribution in [0.3, 0.4) is 0 Å². The summed E-state index contributed by atoms with van der Waals surface area (Å²) >= 11 is 6.25. The maximum absolute atomic E-state index is 12.8. The van der Waals surface area contributed by atoms with E-state index in [2.05, 4.69) is 36.2 Å². The number of rotatable bonds is 9. The fourth-order valence-electron chi connectivity index (χ4n) is 3.79. The van der Waals surface area contributed by atoms with Crippen LogP contribution in [0.15, 0.2) is 54.6 Å². The summed E-state index contributed by atoms with van der Waals surface area (Å²) in [5, 5.41) is 3.65. The van der Waals surface area contributed by atoms with E-state index in [1.54, 1.807) is 11.0 Å². The van der Waals surface area contributed by atoms with Gasteiger partial charge in [0.15, 0.2) is 0 Å². The lowest BCUT2D eigenvalue weighted by Gasteiger charge is -2.28. The van der Waals surface area contributed by atoms with Gasteiger partial charge in [0.1, 0.15) is 6.04 Å². The Labute approximate surface area is 184 Å². The number of carbonyl (C=O) groups excluding carboxylic acids is 2. The van der Waals surface area contributed by atoms with E-state index < -0.39 is 6.04 Å². The maximum atomic E-state index is 12.8. The largest absolute Gasteiger partial charge is 0.353 e. The number of nitrogens with zero attached hydrogens (tertiary/aromatic N) is 2. The zero-order chi connectivity index (χ0) is 21.5. The molecule has 6 heteroatoms. The van der Waals surface area contributed by atoms with Gasteiger partial charge in [-0.25, -0.2) is 0 Å². The molecule has 1 N–H and O–H groups in total. The molecule has 2 aromatic rings. The highest BCUT2D eigenvalue weighted by Gasteiger charge is 2.36. The van der Waals surface area contributed by atoms with E-state index in [9.17, 15) is 9.59 Å². The molecule has 0 unspecified atom stereocenters. The summed E-state index contributed by atoms with van der Waals surface area (Å²) in [6, 6.07) is 17.7. The van der Waals surface area contributed by atoms with Gasteiger partial charge in [0.25, 0.3) is 0 Å². The van der Waals surface area contributed by atoms with Gasteiger partial charge in [0.2, 0.25) is 11.8 Å². The molecule has 0 saturated carbocycles. The van der Waals surface area contributed by atoms with Crippen molar-refractivity contribution >= 4 is 23.4 Å². The van der Waals surface area contributed by atoms with Crippen LogP contribution < -0.4 is 5.32 Å². The van der Waals surface area contributed by atoms with Crippen LogP contribution in [0.25, 0.3) is 0 Å². The zero-order valence-corrected chi connectivity index (χ0v) is 18.4. The Morgan fingerprint density at radius 3 is 2.57 bits per heavy atom. The number of nitrogens with one attached hydrogen (secondary N) is 1. The number of halogens is 1. The van der Waals surface area contributed by atoms with Gasteiger partial charge in [0, 0.05) is 43.7 Å². The lowest BCUT2D eigenvalue weighted by molar-refractivity contribution is -0.135. The summed E-state index contributed by atoms with van der Waals surface area (Å²) in [5.41, 5.74) is 2.12. The molecule has 0 aromatic heterocycles. The van der Waals surface area contributed by atoms with E-state index in [1.807, 2.05) is 36.4 Å². The molecule has 0 aliphatic carbocycles. The average Bonchev–Trinajstić information content (AvgIpc) is 3.10. The molecule has 1 aliphatic rings. The Bertz CT molecular complexity index is 857. The number of likely N-dealkylation sites (tertiary alicyclic amines) is 1. The van der Waals surface area contributed by atoms with Gasteiger partial charge in [0.05, 0.1) is 0 Å². The van der Waals surface area contributed by atoms with E-state index in [-0.39, 0.29) is 11.8 Å². The first-order valence-electron chi connectivity index (χ1n) is 10.5. The third-order valence-corrected chi connectivity index (χ3v) is 5.96. The molecule has 2 amide bonds. The Morgan fingerprint density at radius 1 is 1.17 bits per heavy atom. The highest BCUT2D eigenvalue weighted by molar-refractivity contribution is 6.31. The molecule has 160 valence electrons. The Kier molecular flexibility index (Phi) is 7.88. The van der Waals surface area contributed by atoms with Crippen LogP contribution >= 0.6 is 11.6 Å². The average molecular weight is 428 g/mol. The van der Waals surface area contributed by atoms with Crippen LogP contribution in [0, 0.1) is 0 Å². The zero-order valence-electron chi connectivity index (χ0n) is 17.7. The van der Waals surface area contributed by atoms with Crippen LogP contribution in [-0.2, 0) is 22.7 Å². The molecule has 3 rings (SSSR count). The van der Waals surface area contributed by atoms with Gasteiger partial charge in [-0.3, -0.25) is 14.5 Å². The number of carbonyl (C=O) groups is 2. The molecule has 1 aliphatic heterocycles. The second-order valence-corrected chi connectivity index (χ2v) is 8.42. The van der Waals surface area contributed by atoms with E-state index in [1.165, 1.54) is 5.56 Å². The van der Waals surface area contributed by atoms with E-state index in [0.29, 0.717) is 37.0 Å². The molecule has 30 heavy (non-hydrogen) atoms. The van der Waals surface area contributed by atoms with Crippen molar-refractivity contribution in [3.63, 3.8) is 0 Å². The molecule has 5 nitrogen and oxygen atoms in total. The molecule has 1 heterocycles. The fourth-order valence-corrected chi connectivity index (χ4v) is 3.99. The molecule has 1 atom stereocenters. The van der Waals surface area contributed by atoms with Crippen molar-refractivity contribution in [2.75, 3.05) is 13.1 Å². The quantitative estimate of drug-likeness (QED) is 0.661. The van der Waals surface area contributed by atoms with Gasteiger partial charge in [-0.2, -0.15) is 0 Å². The number of benzene rings is 2. The minimum absolute atomic E-state index is 0.00274. The van der Waals surface area contributed by atoms with Gasteiger partial charge < -0.3 is 10.2 Å². The summed E-state index contributed by atoms with van der Waals surface area (Å²) in [4.78, 5) is 29.2. The first-order valence-corrected chi connectivity index (χ1v) is 10.9. The lowest BCUT2D eigenvalue weighted by atomic mass is 10.1. The minimum atomic E-state index is -0.435. The number of amides is 2. The molecular weight excluding hydrogens is 398 g/mol. The number of hydrogen-bond acceptors (Lipinski definition) is 3. The van der Waals surface area contributed by atoms with Crippen molar-refractivity contribution in [3.05, 3.63) is 70.7 Å². The highest BCUT2D eigenvalue weighted by atomic mass is 35.5. The van der Waals surface area contributed by atoms with Crippen LogP contribution in [0.4, 0.5) is 0 Å². The summed E-state index contributed by atoms with van der Waals surface area (Å²) < 4.78 is 0. The summed E-state index contributed by atoms with van der Waals surface area (Å²) in [7, 11) is 0. The second kappa shape index (κ2) is 10.6. The highest BCUT2D eigenvalue weighted by Crippen LogP contribution is 2.24. The van der Waals surface area contributed by atoms with Crippen LogP contribution in [0.1, 0.15) is 37.8 Å². The topological polar surface area (TPSA) is 52.7 Å². The van der Waals surface area contributed by atoms with Crippen LogP contribution in [-0.4, -0.2) is 46.8 Å². The predicted octanol–water partition coefficient (Wildman–Crippen LogP) is 3.86. The van der Waals surface area contributed by atoms with Gasteiger partial charge in [-0.05, 0) is 37.5 Å². The van der Waals surface area contributed by atoms with Crippen molar-refractivity contribution < 1.29 is 9.59 Å². The smallest absolute Gasteiger partial charge is 0.242 e. The minimum Gasteiger partial charge on any atom is -0.353 e. The summed E-state index contributed by atoms with van der Waals surface area (Å²) in [6.07, 6.45) is 0.946. The SMILES string of the molecule is CC(C)N(CCNC(=O)[C@@H]1CCC(=O)N1Cc1ccccc1Cl)Cc1ccccc1. The van der Waals surface area contributed by atoms with Crippen LogP contribution in [0.2, 0.25) is 5.02 Å². The van der Waals surface area contributed by atoms with Gasteiger partial charge in [-0.15, -0.1) is 0 Å². The molecule has 2 aromatic carbocycles. The lowest BCUT2D eigenvalue weighted by Crippen LogP contribution is -2.46. The first-order chi connectivity index (χ1) is 14.5. The molecule has 1 fully saturated rings. The van der Waals surface area contributed by atoms with Gasteiger partial charge >= 0.3 is 0 Å². The van der Waals surface area contributed by atoms with E-state index in [0.717, 1.165) is 18.7 Å². The molecule has 1 saturated heterocycles. The molecule has 0 bridgehead atoms. The van der Waals surface area contributed by atoms with Crippen molar-refractivity contribution in [1.29, 1.82) is 0 Å². The van der Waals surface area contributed by atoms with Crippen molar-refractivity contribution in [1.82, 2.24) is 15.1 Å². The van der Waals surface area contributed by atoms with Gasteiger partial charge in [-0.1, -0.05) is 60.1 Å². The predicted molar refractivity (Wildman–Crippen MR) is 120 cm³/mol. The summed E-state index contributed by atoms with van der Waals surface area (Å²) in [5.74, 6) is -0.0840. The van der Waals surface area contributed by atoms with Crippen molar-refractivity contribution in [3.8, 4) is 0 Å². The van der Waals surface area contributed by atoms with Crippen LogP contribution in [0.5, 0.6) is 0 Å². The van der Waals surface area contributed by atoms with Crippen molar-refractivity contribution in [2.24, 2.45) is 0 Å². The summed E-state index contributed by atoms with van der Waals surface area (Å²) in [6.45, 7) is 6.83. The number of hydrogen-bond donors (Lipinski definition) is 1.